The van der Waals surface area contributed by atoms with Crippen LogP contribution in [0.4, 0.5) is 17.1 Å². The zero-order chi connectivity index (χ0) is 15.9. The van der Waals surface area contributed by atoms with Gasteiger partial charge in [-0.2, -0.15) is 0 Å². The van der Waals surface area contributed by atoms with Crippen LogP contribution in [0.3, 0.4) is 0 Å². The Hall–Kier alpha value is -2.33. The van der Waals surface area contributed by atoms with Gasteiger partial charge in [-0.3, -0.25) is 14.5 Å². The summed E-state index contributed by atoms with van der Waals surface area (Å²) in [4.78, 5) is 28.3. The molecule has 0 N–H and O–H groups in total. The number of hydrogen-bond donors (Lipinski definition) is 0. The molecule has 0 saturated heterocycles. The van der Waals surface area contributed by atoms with Gasteiger partial charge < -0.3 is 4.90 Å². The molecule has 1 unspecified atom stereocenters. The molecule has 112 valence electrons. The monoisotopic (exact) mass is 314 g/mol. The van der Waals surface area contributed by atoms with Gasteiger partial charge in [0.25, 0.3) is 0 Å². The van der Waals surface area contributed by atoms with Crippen LogP contribution in [0.5, 0.6) is 0 Å². The van der Waals surface area contributed by atoms with E-state index in [0.717, 1.165) is 0 Å². The summed E-state index contributed by atoms with van der Waals surface area (Å²) in [7, 11) is 1.67. The van der Waals surface area contributed by atoms with Crippen LogP contribution in [0.15, 0.2) is 48.5 Å². The number of fused-ring (bicyclic) bond motifs is 1. The fourth-order valence-electron chi connectivity index (χ4n) is 2.63. The van der Waals surface area contributed by atoms with E-state index in [1.54, 1.807) is 37.1 Å². The van der Waals surface area contributed by atoms with Crippen molar-refractivity contribution in [3.8, 4) is 0 Å². The Morgan fingerprint density at radius 2 is 1.64 bits per heavy atom. The van der Waals surface area contributed by atoms with E-state index in [1.807, 2.05) is 30.3 Å². The second-order valence-corrected chi connectivity index (χ2v) is 5.70. The largest absolute Gasteiger partial charge is 0.313 e. The fraction of sp³-hybridized carbons (Fsp3) is 0.176. The molecule has 0 aliphatic carbocycles. The molecule has 2 aromatic rings. The van der Waals surface area contributed by atoms with E-state index < -0.39 is 5.92 Å². The number of benzene rings is 2. The van der Waals surface area contributed by atoms with Crippen molar-refractivity contribution in [2.24, 2.45) is 5.92 Å². The highest BCUT2D eigenvalue weighted by Crippen LogP contribution is 2.39. The Bertz CT molecular complexity index is 746. The number of anilines is 3. The zero-order valence-corrected chi connectivity index (χ0v) is 13.0. The third-order valence-electron chi connectivity index (χ3n) is 3.85. The Kier molecular flexibility index (Phi) is 3.62. The first-order valence-electron chi connectivity index (χ1n) is 6.97. The van der Waals surface area contributed by atoms with E-state index in [-0.39, 0.29) is 11.8 Å². The van der Waals surface area contributed by atoms with Crippen molar-refractivity contribution in [1.82, 2.24) is 0 Å². The maximum absolute atomic E-state index is 12.8. The van der Waals surface area contributed by atoms with Crippen molar-refractivity contribution >= 4 is 40.5 Å². The number of carbonyl (C=O) groups excluding carboxylic acids is 2. The summed E-state index contributed by atoms with van der Waals surface area (Å²) in [5.74, 6) is -1.24. The molecule has 4 nitrogen and oxygen atoms in total. The zero-order valence-electron chi connectivity index (χ0n) is 12.3. The van der Waals surface area contributed by atoms with Crippen LogP contribution in [0, 0.1) is 5.92 Å². The minimum absolute atomic E-state index is 0.230. The average molecular weight is 315 g/mol. The topological polar surface area (TPSA) is 40.6 Å². The van der Waals surface area contributed by atoms with Crippen molar-refractivity contribution < 1.29 is 9.59 Å². The molecule has 2 amide bonds. The summed E-state index contributed by atoms with van der Waals surface area (Å²) in [5.41, 5.74) is 1.99. The van der Waals surface area contributed by atoms with Crippen LogP contribution < -0.4 is 9.80 Å². The van der Waals surface area contributed by atoms with Crippen LogP contribution in [-0.4, -0.2) is 18.9 Å². The summed E-state index contributed by atoms with van der Waals surface area (Å²) in [6, 6.07) is 14.5. The van der Waals surface area contributed by atoms with Crippen molar-refractivity contribution in [3.63, 3.8) is 0 Å². The molecule has 5 heteroatoms. The summed E-state index contributed by atoms with van der Waals surface area (Å²) >= 11 is 6.11. The molecule has 0 fully saturated rings. The molecule has 0 radical (unpaired) electrons. The van der Waals surface area contributed by atoms with E-state index in [0.29, 0.717) is 22.1 Å². The van der Waals surface area contributed by atoms with Gasteiger partial charge in [0.2, 0.25) is 11.8 Å². The standard InChI is InChI=1S/C17H15ClN2O2/c1-11-16(21)19(2)14-9-8-12(18)10-15(14)20(17(11)22)13-6-4-3-5-7-13/h3-11H,1-2H3. The summed E-state index contributed by atoms with van der Waals surface area (Å²) < 4.78 is 0. The molecule has 1 aliphatic heterocycles. The maximum atomic E-state index is 12.8. The lowest BCUT2D eigenvalue weighted by Gasteiger charge is -2.24. The predicted octanol–water partition coefficient (Wildman–Crippen LogP) is 3.62. The molecular formula is C17H15ClN2O2. The molecule has 2 aromatic carbocycles. The summed E-state index contributed by atoms with van der Waals surface area (Å²) in [6.07, 6.45) is 0. The minimum Gasteiger partial charge on any atom is -0.313 e. The SMILES string of the molecule is CC1C(=O)N(C)c2ccc(Cl)cc2N(c2ccccc2)C1=O. The molecule has 22 heavy (non-hydrogen) atoms. The number of nitrogens with zero attached hydrogens (tertiary/aromatic N) is 2. The Labute approximate surface area is 133 Å². The van der Waals surface area contributed by atoms with Gasteiger partial charge in [0.15, 0.2) is 0 Å². The second-order valence-electron chi connectivity index (χ2n) is 5.26. The molecule has 0 bridgehead atoms. The normalized spacial score (nSPS) is 18.2. The highest BCUT2D eigenvalue weighted by atomic mass is 35.5. The lowest BCUT2D eigenvalue weighted by molar-refractivity contribution is -0.130. The smallest absolute Gasteiger partial charge is 0.243 e. The molecule has 1 heterocycles. The third kappa shape index (κ3) is 2.25. The molecule has 3 rings (SSSR count). The Morgan fingerprint density at radius 1 is 0.955 bits per heavy atom. The quantitative estimate of drug-likeness (QED) is 0.754. The van der Waals surface area contributed by atoms with Gasteiger partial charge in [0, 0.05) is 17.8 Å². The van der Waals surface area contributed by atoms with Crippen LogP contribution in [0.1, 0.15) is 6.92 Å². The van der Waals surface area contributed by atoms with Crippen LogP contribution in [0.25, 0.3) is 0 Å². The molecular weight excluding hydrogens is 300 g/mol. The van der Waals surface area contributed by atoms with Gasteiger partial charge >= 0.3 is 0 Å². The maximum Gasteiger partial charge on any atom is 0.243 e. The Morgan fingerprint density at radius 3 is 2.32 bits per heavy atom. The number of carbonyl (C=O) groups is 2. The van der Waals surface area contributed by atoms with E-state index in [9.17, 15) is 9.59 Å². The predicted molar refractivity (Wildman–Crippen MR) is 87.6 cm³/mol. The van der Waals surface area contributed by atoms with E-state index in [2.05, 4.69) is 0 Å². The van der Waals surface area contributed by atoms with Crippen LogP contribution in [0.2, 0.25) is 5.02 Å². The lowest BCUT2D eigenvalue weighted by Crippen LogP contribution is -2.37. The van der Waals surface area contributed by atoms with Crippen molar-refractivity contribution in [1.29, 1.82) is 0 Å². The first-order chi connectivity index (χ1) is 10.5. The van der Waals surface area contributed by atoms with Crippen LogP contribution >= 0.6 is 11.6 Å². The van der Waals surface area contributed by atoms with Gasteiger partial charge in [-0.25, -0.2) is 0 Å². The number of hydrogen-bond acceptors (Lipinski definition) is 2. The first kappa shape index (κ1) is 14.6. The lowest BCUT2D eigenvalue weighted by atomic mass is 10.1. The highest BCUT2D eigenvalue weighted by Gasteiger charge is 2.36. The number of para-hydroxylation sites is 1. The van der Waals surface area contributed by atoms with E-state index in [4.69, 9.17) is 11.6 Å². The highest BCUT2D eigenvalue weighted by molar-refractivity contribution is 6.31. The van der Waals surface area contributed by atoms with Gasteiger partial charge in [-0.1, -0.05) is 29.8 Å². The number of rotatable bonds is 1. The first-order valence-corrected chi connectivity index (χ1v) is 7.34. The Balaban J connectivity index is 2.27. The van der Waals surface area contributed by atoms with Crippen molar-refractivity contribution in [2.75, 3.05) is 16.8 Å². The van der Waals surface area contributed by atoms with Gasteiger partial charge in [-0.15, -0.1) is 0 Å². The number of amides is 2. The average Bonchev–Trinajstić information content (AvgIpc) is 2.59. The molecule has 0 aromatic heterocycles. The summed E-state index contributed by atoms with van der Waals surface area (Å²) in [5, 5.41) is 0.517. The van der Waals surface area contributed by atoms with Gasteiger partial charge in [-0.05, 0) is 37.3 Å². The van der Waals surface area contributed by atoms with Gasteiger partial charge in [0.1, 0.15) is 5.92 Å². The van der Waals surface area contributed by atoms with Gasteiger partial charge in [0.05, 0.1) is 11.4 Å². The minimum atomic E-state index is -0.753. The van der Waals surface area contributed by atoms with Crippen molar-refractivity contribution in [3.05, 3.63) is 53.6 Å². The molecule has 1 atom stereocenters. The second kappa shape index (κ2) is 5.46. The fourth-order valence-corrected chi connectivity index (χ4v) is 2.80. The van der Waals surface area contributed by atoms with Crippen molar-refractivity contribution in [2.45, 2.75) is 6.92 Å². The molecule has 0 spiro atoms. The molecule has 1 aliphatic rings. The molecule has 0 saturated carbocycles. The van der Waals surface area contributed by atoms with Crippen LogP contribution in [-0.2, 0) is 9.59 Å². The third-order valence-corrected chi connectivity index (χ3v) is 4.08. The number of halogens is 1. The summed E-state index contributed by atoms with van der Waals surface area (Å²) in [6.45, 7) is 1.63. The van der Waals surface area contributed by atoms with E-state index >= 15 is 0 Å². The van der Waals surface area contributed by atoms with E-state index in [1.165, 1.54) is 4.90 Å².